The van der Waals surface area contributed by atoms with E-state index in [1.807, 2.05) is 66.7 Å². The summed E-state index contributed by atoms with van der Waals surface area (Å²) in [5.74, 6) is 1.15. The molecule has 0 heterocycles. The molecule has 29 heavy (non-hydrogen) atoms. The number of hydrogen-bond acceptors (Lipinski definition) is 3. The lowest BCUT2D eigenvalue weighted by Crippen LogP contribution is -1.99. The number of hydrogen-bond donors (Lipinski definition) is 0. The van der Waals surface area contributed by atoms with Gasteiger partial charge < -0.3 is 9.47 Å². The van der Waals surface area contributed by atoms with Gasteiger partial charge in [0.1, 0.15) is 6.61 Å². The summed E-state index contributed by atoms with van der Waals surface area (Å²) in [7, 11) is 1.59. The third-order valence-electron chi connectivity index (χ3n) is 4.17. The Hall–Kier alpha value is -2.01. The predicted octanol–water partition coefficient (Wildman–Crippen LogP) is 7.36. The van der Waals surface area contributed by atoms with Crippen molar-refractivity contribution in [3.8, 4) is 17.6 Å². The van der Waals surface area contributed by atoms with E-state index in [-0.39, 0.29) is 0 Å². The molecule has 3 aromatic rings. The van der Waals surface area contributed by atoms with Crippen LogP contribution in [0, 0.1) is 14.9 Å². The van der Waals surface area contributed by atoms with Crippen LogP contribution >= 0.6 is 50.1 Å². The molecule has 3 rings (SSSR count). The predicted molar refractivity (Wildman–Crippen MR) is 129 cm³/mol. The Morgan fingerprint density at radius 1 is 1.17 bits per heavy atom. The topological polar surface area (TPSA) is 42.2 Å². The van der Waals surface area contributed by atoms with E-state index in [9.17, 15) is 5.26 Å². The Balaban J connectivity index is 1.90. The van der Waals surface area contributed by atoms with Crippen LogP contribution in [0.4, 0.5) is 0 Å². The second kappa shape index (κ2) is 10.1. The number of ether oxygens (including phenoxy) is 2. The van der Waals surface area contributed by atoms with Gasteiger partial charge in [-0.2, -0.15) is 5.26 Å². The Kier molecular flexibility index (Phi) is 7.59. The average Bonchev–Trinajstić information content (AvgIpc) is 2.72. The SMILES string of the molecule is COc1cc(/C=C(/C#N)c2ccc(I)cc2)cc(Br)c1OCc1ccccc1Cl. The number of benzene rings is 3. The zero-order chi connectivity index (χ0) is 20.8. The smallest absolute Gasteiger partial charge is 0.175 e. The van der Waals surface area contributed by atoms with Gasteiger partial charge in [0.05, 0.1) is 23.2 Å². The molecule has 0 aliphatic rings. The molecule has 6 heteroatoms. The first-order valence-electron chi connectivity index (χ1n) is 8.63. The van der Waals surface area contributed by atoms with Gasteiger partial charge in [0.25, 0.3) is 0 Å². The van der Waals surface area contributed by atoms with E-state index < -0.39 is 0 Å². The van der Waals surface area contributed by atoms with Crippen LogP contribution in [0.15, 0.2) is 65.1 Å². The number of nitrogens with zero attached hydrogens (tertiary/aromatic N) is 1. The van der Waals surface area contributed by atoms with Gasteiger partial charge in [0.2, 0.25) is 0 Å². The Morgan fingerprint density at radius 2 is 1.90 bits per heavy atom. The van der Waals surface area contributed by atoms with E-state index in [4.69, 9.17) is 21.1 Å². The number of halogens is 3. The minimum absolute atomic E-state index is 0.315. The standard InChI is InChI=1S/C23H16BrClINO2/c1-28-22-12-15(10-18(13-27)16-6-8-19(26)9-7-16)11-20(24)23(22)29-14-17-4-2-3-5-21(17)25/h2-12H,14H2,1H3/b18-10-. The minimum atomic E-state index is 0.315. The second-order valence-electron chi connectivity index (χ2n) is 6.09. The molecule has 146 valence electrons. The lowest BCUT2D eigenvalue weighted by atomic mass is 10.0. The first kappa shape index (κ1) is 21.7. The quantitative estimate of drug-likeness (QED) is 0.174. The van der Waals surface area contributed by atoms with E-state index in [1.165, 1.54) is 0 Å². The zero-order valence-corrected chi connectivity index (χ0v) is 20.0. The van der Waals surface area contributed by atoms with E-state index in [2.05, 4.69) is 44.6 Å². The summed E-state index contributed by atoms with van der Waals surface area (Å²) in [6.07, 6.45) is 1.83. The van der Waals surface area contributed by atoms with Crippen LogP contribution in [0.25, 0.3) is 11.6 Å². The van der Waals surface area contributed by atoms with Crippen LogP contribution in [0.1, 0.15) is 16.7 Å². The lowest BCUT2D eigenvalue weighted by Gasteiger charge is -2.14. The number of methoxy groups -OCH3 is 1. The molecule has 0 unspecified atom stereocenters. The largest absolute Gasteiger partial charge is 0.493 e. The highest BCUT2D eigenvalue weighted by atomic mass is 127. The van der Waals surface area contributed by atoms with Gasteiger partial charge in [-0.15, -0.1) is 0 Å². The Bertz CT molecular complexity index is 1090. The molecule has 0 saturated carbocycles. The minimum Gasteiger partial charge on any atom is -0.493 e. The van der Waals surface area contributed by atoms with Crippen LogP contribution in [0.5, 0.6) is 11.5 Å². The Labute approximate surface area is 197 Å². The molecule has 0 N–H and O–H groups in total. The molecule has 0 atom stereocenters. The summed E-state index contributed by atoms with van der Waals surface area (Å²) < 4.78 is 13.3. The maximum Gasteiger partial charge on any atom is 0.175 e. The highest BCUT2D eigenvalue weighted by Crippen LogP contribution is 2.38. The normalized spacial score (nSPS) is 11.1. The van der Waals surface area contributed by atoms with Crippen molar-refractivity contribution in [1.29, 1.82) is 5.26 Å². The van der Waals surface area contributed by atoms with Crippen LogP contribution in [-0.2, 0) is 6.61 Å². The fourth-order valence-corrected chi connectivity index (χ4v) is 3.83. The average molecular weight is 581 g/mol. The van der Waals surface area contributed by atoms with Crippen molar-refractivity contribution in [2.45, 2.75) is 6.61 Å². The van der Waals surface area contributed by atoms with Gasteiger partial charge in [-0.05, 0) is 86.1 Å². The highest BCUT2D eigenvalue weighted by molar-refractivity contribution is 14.1. The summed E-state index contributed by atoms with van der Waals surface area (Å²) in [4.78, 5) is 0. The first-order chi connectivity index (χ1) is 14.0. The van der Waals surface area contributed by atoms with Gasteiger partial charge in [0.15, 0.2) is 11.5 Å². The molecular formula is C23H16BrClINO2. The summed E-state index contributed by atoms with van der Waals surface area (Å²) in [5, 5.41) is 10.2. The Morgan fingerprint density at radius 3 is 2.55 bits per heavy atom. The monoisotopic (exact) mass is 579 g/mol. The van der Waals surface area contributed by atoms with Crippen molar-refractivity contribution >= 4 is 61.8 Å². The molecule has 0 fully saturated rings. The lowest BCUT2D eigenvalue weighted by molar-refractivity contribution is 0.282. The molecule has 0 aromatic heterocycles. The molecule has 0 aliphatic carbocycles. The van der Waals surface area contributed by atoms with E-state index in [0.29, 0.717) is 28.7 Å². The number of allylic oxidation sites excluding steroid dienone is 1. The maximum absolute atomic E-state index is 9.60. The zero-order valence-electron chi connectivity index (χ0n) is 15.5. The van der Waals surface area contributed by atoms with Gasteiger partial charge >= 0.3 is 0 Å². The number of rotatable bonds is 6. The maximum atomic E-state index is 9.60. The molecular weight excluding hydrogens is 565 g/mol. The molecule has 0 aliphatic heterocycles. The van der Waals surface area contributed by atoms with Crippen LogP contribution in [0.2, 0.25) is 5.02 Å². The fourth-order valence-electron chi connectivity index (χ4n) is 2.70. The summed E-state index contributed by atoms with van der Waals surface area (Å²) in [5.41, 5.74) is 3.15. The highest BCUT2D eigenvalue weighted by Gasteiger charge is 2.13. The van der Waals surface area contributed by atoms with Crippen molar-refractivity contribution in [2.75, 3.05) is 7.11 Å². The first-order valence-corrected chi connectivity index (χ1v) is 10.9. The fraction of sp³-hybridized carbons (Fsp3) is 0.0870. The van der Waals surface area contributed by atoms with Crippen molar-refractivity contribution in [1.82, 2.24) is 0 Å². The molecule has 3 nitrogen and oxygen atoms in total. The molecule has 3 aromatic carbocycles. The van der Waals surface area contributed by atoms with E-state index in [0.717, 1.165) is 24.7 Å². The summed E-state index contributed by atoms with van der Waals surface area (Å²) in [6, 6.07) is 21.4. The van der Waals surface area contributed by atoms with Crippen molar-refractivity contribution < 1.29 is 9.47 Å². The summed E-state index contributed by atoms with van der Waals surface area (Å²) >= 11 is 12.0. The van der Waals surface area contributed by atoms with Gasteiger partial charge in [-0.3, -0.25) is 0 Å². The van der Waals surface area contributed by atoms with Gasteiger partial charge in [-0.25, -0.2) is 0 Å². The molecule has 0 saturated heterocycles. The molecule has 0 amide bonds. The second-order valence-corrected chi connectivity index (χ2v) is 8.60. The van der Waals surface area contributed by atoms with E-state index >= 15 is 0 Å². The van der Waals surface area contributed by atoms with Crippen LogP contribution in [-0.4, -0.2) is 7.11 Å². The van der Waals surface area contributed by atoms with Crippen molar-refractivity contribution in [3.05, 3.63) is 90.4 Å². The van der Waals surface area contributed by atoms with E-state index in [1.54, 1.807) is 7.11 Å². The van der Waals surface area contributed by atoms with Crippen LogP contribution < -0.4 is 9.47 Å². The van der Waals surface area contributed by atoms with Crippen molar-refractivity contribution in [3.63, 3.8) is 0 Å². The third kappa shape index (κ3) is 5.53. The molecule has 0 radical (unpaired) electrons. The third-order valence-corrected chi connectivity index (χ3v) is 5.85. The molecule has 0 spiro atoms. The van der Waals surface area contributed by atoms with Gasteiger partial charge in [0, 0.05) is 14.2 Å². The van der Waals surface area contributed by atoms with Gasteiger partial charge in [-0.1, -0.05) is 41.9 Å². The van der Waals surface area contributed by atoms with Crippen LogP contribution in [0.3, 0.4) is 0 Å². The summed E-state index contributed by atoms with van der Waals surface area (Å²) in [6.45, 7) is 0.315. The molecule has 0 bridgehead atoms. The number of nitriles is 1. The van der Waals surface area contributed by atoms with Crippen molar-refractivity contribution in [2.24, 2.45) is 0 Å².